The molecule has 16 heavy (non-hydrogen) atoms. The van der Waals surface area contributed by atoms with Gasteiger partial charge < -0.3 is 0 Å². The van der Waals surface area contributed by atoms with Gasteiger partial charge in [0.2, 0.25) is 0 Å². The summed E-state index contributed by atoms with van der Waals surface area (Å²) in [6, 6.07) is 8.06. The minimum absolute atomic E-state index is 0.941. The number of aromatic amines is 2. The van der Waals surface area contributed by atoms with Crippen LogP contribution in [0, 0.1) is 0 Å². The van der Waals surface area contributed by atoms with E-state index in [4.69, 9.17) is 0 Å². The first-order valence-electron chi connectivity index (χ1n) is 5.03. The smallest absolute Gasteiger partial charge is 0.0927 e. The number of para-hydroxylation sites is 1. The second kappa shape index (κ2) is 3.66. The lowest BCUT2D eigenvalue weighted by Crippen LogP contribution is -1.71. The quantitative estimate of drug-likeness (QED) is 0.682. The number of nitrogens with one attached hydrogen (secondary N) is 2. The molecular formula is C12H10N4. The molecule has 0 saturated heterocycles. The van der Waals surface area contributed by atoms with Crippen molar-refractivity contribution < 1.29 is 0 Å². The summed E-state index contributed by atoms with van der Waals surface area (Å²) in [5, 5.41) is 15.0. The van der Waals surface area contributed by atoms with Crippen molar-refractivity contribution in [3.8, 4) is 0 Å². The van der Waals surface area contributed by atoms with E-state index < -0.39 is 0 Å². The third-order valence-electron chi connectivity index (χ3n) is 2.45. The Bertz CT molecular complexity index is 619. The maximum atomic E-state index is 4.25. The molecule has 0 aliphatic rings. The zero-order valence-corrected chi connectivity index (χ0v) is 8.51. The van der Waals surface area contributed by atoms with Crippen LogP contribution in [0.5, 0.6) is 0 Å². The number of benzene rings is 1. The normalized spacial score (nSPS) is 11.5. The van der Waals surface area contributed by atoms with Gasteiger partial charge in [-0.05, 0) is 18.2 Å². The summed E-state index contributed by atoms with van der Waals surface area (Å²) in [5.41, 5.74) is 3.03. The number of rotatable bonds is 2. The highest BCUT2D eigenvalue weighted by Gasteiger charge is 2.00. The zero-order chi connectivity index (χ0) is 10.8. The fourth-order valence-corrected chi connectivity index (χ4v) is 1.64. The highest BCUT2D eigenvalue weighted by Crippen LogP contribution is 2.17. The molecule has 78 valence electrons. The van der Waals surface area contributed by atoms with Gasteiger partial charge in [0, 0.05) is 17.1 Å². The fraction of sp³-hybridized carbons (Fsp3) is 0. The summed E-state index contributed by atoms with van der Waals surface area (Å²) in [6.45, 7) is 0. The van der Waals surface area contributed by atoms with E-state index in [1.807, 2.05) is 42.6 Å². The SMILES string of the molecule is C(=Cc1n[nH]c2ccccc12)c1cn[nH]c1. The molecule has 2 heterocycles. The van der Waals surface area contributed by atoms with E-state index in [9.17, 15) is 0 Å². The largest absolute Gasteiger partial charge is 0.285 e. The van der Waals surface area contributed by atoms with Crippen LogP contribution in [0.4, 0.5) is 0 Å². The van der Waals surface area contributed by atoms with E-state index in [0.29, 0.717) is 0 Å². The van der Waals surface area contributed by atoms with Crippen molar-refractivity contribution in [3.63, 3.8) is 0 Å². The van der Waals surface area contributed by atoms with Crippen molar-refractivity contribution in [2.45, 2.75) is 0 Å². The third-order valence-corrected chi connectivity index (χ3v) is 2.45. The molecule has 1 aromatic carbocycles. The molecule has 4 heteroatoms. The van der Waals surface area contributed by atoms with Crippen LogP contribution in [-0.4, -0.2) is 20.4 Å². The summed E-state index contributed by atoms with van der Waals surface area (Å²) in [7, 11) is 0. The Morgan fingerprint density at radius 1 is 1.12 bits per heavy atom. The number of aromatic nitrogens is 4. The van der Waals surface area contributed by atoms with E-state index in [-0.39, 0.29) is 0 Å². The topological polar surface area (TPSA) is 57.4 Å². The second-order valence-electron chi connectivity index (χ2n) is 3.52. The average molecular weight is 210 g/mol. The number of hydrogen-bond acceptors (Lipinski definition) is 2. The van der Waals surface area contributed by atoms with Gasteiger partial charge in [-0.3, -0.25) is 10.2 Å². The van der Waals surface area contributed by atoms with Gasteiger partial charge in [0.05, 0.1) is 17.4 Å². The Labute approximate surface area is 92.0 Å². The van der Waals surface area contributed by atoms with E-state index in [0.717, 1.165) is 22.2 Å². The fourth-order valence-electron chi connectivity index (χ4n) is 1.64. The number of nitrogens with zero attached hydrogens (tertiary/aromatic N) is 2. The Kier molecular flexibility index (Phi) is 2.04. The molecule has 0 radical (unpaired) electrons. The average Bonchev–Trinajstić information content (AvgIpc) is 2.96. The van der Waals surface area contributed by atoms with E-state index in [2.05, 4.69) is 20.4 Å². The second-order valence-corrected chi connectivity index (χ2v) is 3.52. The number of hydrogen-bond donors (Lipinski definition) is 2. The van der Waals surface area contributed by atoms with Gasteiger partial charge >= 0.3 is 0 Å². The maximum absolute atomic E-state index is 4.25. The van der Waals surface area contributed by atoms with Crippen LogP contribution in [0.3, 0.4) is 0 Å². The summed E-state index contributed by atoms with van der Waals surface area (Å²) in [5.74, 6) is 0. The molecule has 2 N–H and O–H groups in total. The van der Waals surface area contributed by atoms with Crippen molar-refractivity contribution in [2.75, 3.05) is 0 Å². The Balaban J connectivity index is 2.01. The van der Waals surface area contributed by atoms with Crippen LogP contribution in [-0.2, 0) is 0 Å². The lowest BCUT2D eigenvalue weighted by molar-refractivity contribution is 1.09. The monoisotopic (exact) mass is 210 g/mol. The molecule has 2 aromatic heterocycles. The molecule has 4 nitrogen and oxygen atoms in total. The third kappa shape index (κ3) is 1.50. The van der Waals surface area contributed by atoms with Gasteiger partial charge in [-0.2, -0.15) is 10.2 Å². The van der Waals surface area contributed by atoms with Gasteiger partial charge in [-0.15, -0.1) is 0 Å². The van der Waals surface area contributed by atoms with Crippen LogP contribution in [0.2, 0.25) is 0 Å². The van der Waals surface area contributed by atoms with Crippen LogP contribution in [0.25, 0.3) is 23.1 Å². The van der Waals surface area contributed by atoms with Gasteiger partial charge in [-0.1, -0.05) is 18.2 Å². The van der Waals surface area contributed by atoms with E-state index >= 15 is 0 Å². The Hall–Kier alpha value is -2.36. The predicted octanol–water partition coefficient (Wildman–Crippen LogP) is 2.46. The molecule has 3 aromatic rings. The highest BCUT2D eigenvalue weighted by atomic mass is 15.1. The zero-order valence-electron chi connectivity index (χ0n) is 8.51. The first-order chi connectivity index (χ1) is 7.93. The standard InChI is InChI=1S/C12H10N4/c1-2-4-11-10(3-1)12(16-15-11)6-5-9-7-13-14-8-9/h1-8H,(H,13,14)(H,15,16). The molecule has 0 unspecified atom stereocenters. The van der Waals surface area contributed by atoms with E-state index in [1.165, 1.54) is 0 Å². The molecule has 0 atom stereocenters. The van der Waals surface area contributed by atoms with Gasteiger partial charge in [0.15, 0.2) is 0 Å². The number of fused-ring (bicyclic) bond motifs is 1. The highest BCUT2D eigenvalue weighted by molar-refractivity contribution is 5.89. The van der Waals surface area contributed by atoms with Crippen molar-refractivity contribution in [1.29, 1.82) is 0 Å². The number of H-pyrrole nitrogens is 2. The van der Waals surface area contributed by atoms with Crippen molar-refractivity contribution >= 4 is 23.1 Å². The summed E-state index contributed by atoms with van der Waals surface area (Å²) >= 11 is 0. The van der Waals surface area contributed by atoms with Gasteiger partial charge in [0.25, 0.3) is 0 Å². The lowest BCUT2D eigenvalue weighted by Gasteiger charge is -1.87. The molecule has 0 amide bonds. The molecule has 0 spiro atoms. The summed E-state index contributed by atoms with van der Waals surface area (Å²) < 4.78 is 0. The van der Waals surface area contributed by atoms with E-state index in [1.54, 1.807) is 6.20 Å². The molecular weight excluding hydrogens is 200 g/mol. The minimum Gasteiger partial charge on any atom is -0.285 e. The molecule has 0 bridgehead atoms. The molecule has 0 aliphatic heterocycles. The first-order valence-corrected chi connectivity index (χ1v) is 5.03. The molecule has 3 rings (SSSR count). The maximum Gasteiger partial charge on any atom is 0.0927 e. The van der Waals surface area contributed by atoms with Crippen molar-refractivity contribution in [2.24, 2.45) is 0 Å². The van der Waals surface area contributed by atoms with Crippen LogP contribution >= 0.6 is 0 Å². The Morgan fingerprint density at radius 3 is 2.94 bits per heavy atom. The van der Waals surface area contributed by atoms with Crippen LogP contribution in [0.15, 0.2) is 36.7 Å². The summed E-state index contributed by atoms with van der Waals surface area (Å²) in [4.78, 5) is 0. The van der Waals surface area contributed by atoms with Crippen LogP contribution < -0.4 is 0 Å². The summed E-state index contributed by atoms with van der Waals surface area (Å²) in [6.07, 6.45) is 7.56. The molecule has 0 saturated carbocycles. The van der Waals surface area contributed by atoms with Crippen LogP contribution in [0.1, 0.15) is 11.3 Å². The van der Waals surface area contributed by atoms with Crippen molar-refractivity contribution in [3.05, 3.63) is 47.9 Å². The lowest BCUT2D eigenvalue weighted by atomic mass is 10.2. The Morgan fingerprint density at radius 2 is 2.06 bits per heavy atom. The first kappa shape index (κ1) is 8.91. The molecule has 0 aliphatic carbocycles. The predicted molar refractivity (Wildman–Crippen MR) is 63.6 cm³/mol. The minimum atomic E-state index is 0.941. The van der Waals surface area contributed by atoms with Gasteiger partial charge in [-0.25, -0.2) is 0 Å². The van der Waals surface area contributed by atoms with Gasteiger partial charge in [0.1, 0.15) is 0 Å². The molecule has 0 fully saturated rings. The van der Waals surface area contributed by atoms with Crippen molar-refractivity contribution in [1.82, 2.24) is 20.4 Å².